The van der Waals surface area contributed by atoms with E-state index in [2.05, 4.69) is 40.9 Å². The number of fused-ring (bicyclic) bond motifs is 1. The number of imidazole rings is 1. The number of H-pyrrole nitrogens is 1. The van der Waals surface area contributed by atoms with E-state index in [1.165, 1.54) is 11.8 Å². The van der Waals surface area contributed by atoms with Gasteiger partial charge < -0.3 is 4.98 Å². The zero-order valence-corrected chi connectivity index (χ0v) is 12.3. The number of hydrogen-bond acceptors (Lipinski definition) is 4. The van der Waals surface area contributed by atoms with Crippen molar-refractivity contribution in [3.05, 3.63) is 47.7 Å². The molecule has 0 spiro atoms. The second-order valence-corrected chi connectivity index (χ2v) is 5.40. The molecule has 6 heteroatoms. The smallest absolute Gasteiger partial charge is 0.276 e. The van der Waals surface area contributed by atoms with Crippen LogP contribution in [0.5, 0.6) is 0 Å². The Bertz CT molecular complexity index is 822. The number of carbonyl (C=O) groups is 1. The van der Waals surface area contributed by atoms with Crippen molar-refractivity contribution in [1.82, 2.24) is 20.4 Å². The highest BCUT2D eigenvalue weighted by molar-refractivity contribution is 5.95. The Balaban J connectivity index is 1.99. The maximum absolute atomic E-state index is 11.4. The van der Waals surface area contributed by atoms with Crippen LogP contribution in [0.3, 0.4) is 0 Å². The van der Waals surface area contributed by atoms with Crippen LogP contribution in [0, 0.1) is 0 Å². The van der Waals surface area contributed by atoms with Crippen molar-refractivity contribution in [2.45, 2.75) is 19.8 Å². The Hall–Kier alpha value is -2.73. The Morgan fingerprint density at radius 2 is 2.00 bits per heavy atom. The quantitative estimate of drug-likeness (QED) is 0.512. The summed E-state index contributed by atoms with van der Waals surface area (Å²) in [4.78, 5) is 23.1. The maximum Gasteiger partial charge on any atom is 0.276 e. The summed E-state index contributed by atoms with van der Waals surface area (Å²) >= 11 is 0. The molecule has 0 radical (unpaired) electrons. The maximum atomic E-state index is 11.4. The summed E-state index contributed by atoms with van der Waals surface area (Å²) in [5.74, 6) is 0.567. The van der Waals surface area contributed by atoms with E-state index in [0.717, 1.165) is 5.56 Å². The molecule has 0 saturated carbocycles. The molecule has 0 aliphatic rings. The van der Waals surface area contributed by atoms with Gasteiger partial charge in [0.25, 0.3) is 5.91 Å². The number of benzene rings is 1. The molecule has 2 aromatic heterocycles. The molecule has 1 aromatic carbocycles. The van der Waals surface area contributed by atoms with Crippen molar-refractivity contribution >= 4 is 17.1 Å². The topological polar surface area (TPSA) is 90.9 Å². The molecule has 0 unspecified atom stereocenters. The fourth-order valence-electron chi connectivity index (χ4n) is 2.25. The third-order valence-electron chi connectivity index (χ3n) is 3.55. The standard InChI is InChI=1S/C16H16N4O2/c1-9(2)10-3-5-11(6-4-10)14-18-13-7-12(16(21)20-22)8-17-15(13)19-14/h3-9,22H,1-2H3,(H,20,21)(H,17,18,19). The number of nitrogens with zero attached hydrogens (tertiary/aromatic N) is 2. The first kappa shape index (κ1) is 14.2. The average Bonchev–Trinajstić information content (AvgIpc) is 2.97. The van der Waals surface area contributed by atoms with Gasteiger partial charge in [0.2, 0.25) is 0 Å². The molecule has 3 rings (SSSR count). The second-order valence-electron chi connectivity index (χ2n) is 5.40. The normalized spacial score (nSPS) is 11.1. The molecule has 3 aromatic rings. The highest BCUT2D eigenvalue weighted by Crippen LogP contribution is 2.22. The number of aromatic nitrogens is 3. The predicted molar refractivity (Wildman–Crippen MR) is 82.7 cm³/mol. The Morgan fingerprint density at radius 1 is 1.27 bits per heavy atom. The monoisotopic (exact) mass is 296 g/mol. The Morgan fingerprint density at radius 3 is 2.64 bits per heavy atom. The molecular weight excluding hydrogens is 280 g/mol. The lowest BCUT2D eigenvalue weighted by molar-refractivity contribution is 0.0706. The molecule has 2 heterocycles. The van der Waals surface area contributed by atoms with Crippen molar-refractivity contribution in [2.24, 2.45) is 0 Å². The van der Waals surface area contributed by atoms with Gasteiger partial charge in [0, 0.05) is 11.8 Å². The molecule has 0 aliphatic heterocycles. The first-order valence-corrected chi connectivity index (χ1v) is 6.99. The van der Waals surface area contributed by atoms with Gasteiger partial charge in [-0.05, 0) is 17.5 Å². The molecular formula is C16H16N4O2. The lowest BCUT2D eigenvalue weighted by atomic mass is 10.0. The molecule has 1 amide bonds. The van der Waals surface area contributed by atoms with Crippen molar-refractivity contribution < 1.29 is 10.0 Å². The lowest BCUT2D eigenvalue weighted by Gasteiger charge is -2.05. The van der Waals surface area contributed by atoms with Crippen molar-refractivity contribution in [3.8, 4) is 11.4 Å². The predicted octanol–water partition coefficient (Wildman–Crippen LogP) is 2.87. The minimum Gasteiger partial charge on any atom is -0.337 e. The van der Waals surface area contributed by atoms with Crippen LogP contribution in [0.4, 0.5) is 0 Å². The summed E-state index contributed by atoms with van der Waals surface area (Å²) in [6, 6.07) is 9.77. The van der Waals surface area contributed by atoms with E-state index < -0.39 is 5.91 Å². The molecule has 0 aliphatic carbocycles. The first-order valence-electron chi connectivity index (χ1n) is 6.99. The van der Waals surface area contributed by atoms with Crippen LogP contribution < -0.4 is 5.48 Å². The van der Waals surface area contributed by atoms with Crippen LogP contribution in [0.2, 0.25) is 0 Å². The molecule has 6 nitrogen and oxygen atoms in total. The van der Waals surface area contributed by atoms with Crippen LogP contribution in [-0.2, 0) is 0 Å². The van der Waals surface area contributed by atoms with Gasteiger partial charge in [-0.2, -0.15) is 0 Å². The highest BCUT2D eigenvalue weighted by atomic mass is 16.5. The summed E-state index contributed by atoms with van der Waals surface area (Å²) in [6.07, 6.45) is 1.38. The van der Waals surface area contributed by atoms with Gasteiger partial charge in [-0.25, -0.2) is 15.4 Å². The van der Waals surface area contributed by atoms with Gasteiger partial charge in [-0.1, -0.05) is 38.1 Å². The SMILES string of the molecule is CC(C)c1ccc(-c2nc3ncc(C(=O)NO)cc3[nH]2)cc1. The van der Waals surface area contributed by atoms with Gasteiger partial charge in [0.05, 0.1) is 11.1 Å². The number of hydrogen-bond donors (Lipinski definition) is 3. The third kappa shape index (κ3) is 2.56. The van der Waals surface area contributed by atoms with Crippen molar-refractivity contribution in [2.75, 3.05) is 0 Å². The zero-order chi connectivity index (χ0) is 15.7. The average molecular weight is 296 g/mol. The summed E-state index contributed by atoms with van der Waals surface area (Å²) in [5, 5.41) is 8.66. The molecule has 3 N–H and O–H groups in total. The van der Waals surface area contributed by atoms with Crippen molar-refractivity contribution in [1.29, 1.82) is 0 Å². The first-order chi connectivity index (χ1) is 10.6. The number of carbonyl (C=O) groups excluding carboxylic acids is 1. The fourth-order valence-corrected chi connectivity index (χ4v) is 2.25. The fraction of sp³-hybridized carbons (Fsp3) is 0.188. The van der Waals surface area contributed by atoms with E-state index in [1.807, 2.05) is 12.1 Å². The van der Waals surface area contributed by atoms with E-state index >= 15 is 0 Å². The zero-order valence-electron chi connectivity index (χ0n) is 12.3. The van der Waals surface area contributed by atoms with Crippen LogP contribution >= 0.6 is 0 Å². The Labute approximate surface area is 127 Å². The number of nitrogens with one attached hydrogen (secondary N) is 2. The van der Waals surface area contributed by atoms with Gasteiger partial charge >= 0.3 is 0 Å². The summed E-state index contributed by atoms with van der Waals surface area (Å²) in [6.45, 7) is 4.29. The van der Waals surface area contributed by atoms with Crippen LogP contribution in [-0.4, -0.2) is 26.1 Å². The summed E-state index contributed by atoms with van der Waals surface area (Å²) in [5.41, 5.74) is 5.24. The molecule has 22 heavy (non-hydrogen) atoms. The van der Waals surface area contributed by atoms with Crippen molar-refractivity contribution in [3.63, 3.8) is 0 Å². The second kappa shape index (κ2) is 5.57. The lowest BCUT2D eigenvalue weighted by Crippen LogP contribution is -2.18. The van der Waals surface area contributed by atoms with E-state index in [0.29, 0.717) is 22.9 Å². The summed E-state index contributed by atoms with van der Waals surface area (Å²) < 4.78 is 0. The van der Waals surface area contributed by atoms with Crippen LogP contribution in [0.15, 0.2) is 36.5 Å². The Kier molecular flexibility index (Phi) is 3.60. The summed E-state index contributed by atoms with van der Waals surface area (Å²) in [7, 11) is 0. The molecule has 112 valence electrons. The number of aromatic amines is 1. The number of rotatable bonds is 3. The molecule has 0 fully saturated rings. The van der Waals surface area contributed by atoms with E-state index in [-0.39, 0.29) is 5.56 Å². The van der Waals surface area contributed by atoms with Gasteiger partial charge in [0.15, 0.2) is 5.65 Å². The van der Waals surface area contributed by atoms with E-state index in [4.69, 9.17) is 5.21 Å². The minimum atomic E-state index is -0.605. The minimum absolute atomic E-state index is 0.264. The van der Waals surface area contributed by atoms with Crippen LogP contribution in [0.25, 0.3) is 22.6 Å². The third-order valence-corrected chi connectivity index (χ3v) is 3.55. The molecule has 0 saturated heterocycles. The molecule has 0 bridgehead atoms. The van der Waals surface area contributed by atoms with Gasteiger partial charge in [0.1, 0.15) is 5.82 Å². The van der Waals surface area contributed by atoms with Gasteiger partial charge in [-0.15, -0.1) is 0 Å². The van der Waals surface area contributed by atoms with Gasteiger partial charge in [-0.3, -0.25) is 10.0 Å². The number of pyridine rings is 1. The van der Waals surface area contributed by atoms with E-state index in [1.54, 1.807) is 11.5 Å². The number of hydroxylamine groups is 1. The van der Waals surface area contributed by atoms with Crippen LogP contribution in [0.1, 0.15) is 35.7 Å². The number of amides is 1. The molecule has 0 atom stereocenters. The highest BCUT2D eigenvalue weighted by Gasteiger charge is 2.10. The van der Waals surface area contributed by atoms with E-state index in [9.17, 15) is 4.79 Å². The largest absolute Gasteiger partial charge is 0.337 e.